The lowest BCUT2D eigenvalue weighted by Crippen LogP contribution is -2.76. The van der Waals surface area contributed by atoms with E-state index in [1.54, 1.807) is 32.4 Å². The Morgan fingerprint density at radius 1 is 0.903 bits per heavy atom. The van der Waals surface area contributed by atoms with Gasteiger partial charge in [-0.3, -0.25) is 4.79 Å². The van der Waals surface area contributed by atoms with Crippen LogP contribution in [0.25, 0.3) is 0 Å². The average Bonchev–Trinajstić information content (AvgIpc) is 2.82. The molecule has 0 spiro atoms. The topological polar surface area (TPSA) is 48.0 Å². The molecule has 1 fully saturated rings. The molecule has 5 nitrogen and oxygen atoms in total. The predicted molar refractivity (Wildman–Crippen MR) is 118 cm³/mol. The molecule has 5 heteroatoms. The Labute approximate surface area is 182 Å². The standard InChI is InChI=1S/C26H25NO4/c1-29-20-14-21(30-2)16-22(15-20)31-24-25(28)27-13-12-19-10-6-7-11-23(19)26(24,27)17-18-8-4-3-5-9-18/h3-11,14-16,24H,12-13,17H2,1-2H3. The first kappa shape index (κ1) is 19.5. The summed E-state index contributed by atoms with van der Waals surface area (Å²) in [4.78, 5) is 15.2. The average molecular weight is 415 g/mol. The van der Waals surface area contributed by atoms with Crippen LogP contribution in [0.5, 0.6) is 17.2 Å². The van der Waals surface area contributed by atoms with Crippen molar-refractivity contribution in [3.63, 3.8) is 0 Å². The number of β-lactam (4-membered cyclic amide) rings is 1. The molecule has 2 heterocycles. The van der Waals surface area contributed by atoms with Gasteiger partial charge in [0.05, 0.1) is 14.2 Å². The van der Waals surface area contributed by atoms with E-state index in [2.05, 4.69) is 30.3 Å². The summed E-state index contributed by atoms with van der Waals surface area (Å²) in [6.07, 6.45) is 0.937. The molecule has 0 saturated carbocycles. The number of amides is 1. The fraction of sp³-hybridized carbons (Fsp3) is 0.269. The van der Waals surface area contributed by atoms with Gasteiger partial charge in [0.15, 0.2) is 0 Å². The van der Waals surface area contributed by atoms with E-state index < -0.39 is 11.6 Å². The van der Waals surface area contributed by atoms with Crippen molar-refractivity contribution in [2.75, 3.05) is 20.8 Å². The second kappa shape index (κ2) is 7.65. The zero-order valence-corrected chi connectivity index (χ0v) is 17.7. The monoisotopic (exact) mass is 415 g/mol. The minimum Gasteiger partial charge on any atom is -0.496 e. The van der Waals surface area contributed by atoms with Crippen LogP contribution in [0.1, 0.15) is 16.7 Å². The van der Waals surface area contributed by atoms with Gasteiger partial charge in [-0.2, -0.15) is 0 Å². The van der Waals surface area contributed by atoms with Crippen LogP contribution in [0.3, 0.4) is 0 Å². The van der Waals surface area contributed by atoms with Crippen LogP contribution in [-0.2, 0) is 23.2 Å². The molecule has 0 aliphatic carbocycles. The van der Waals surface area contributed by atoms with Crippen molar-refractivity contribution in [3.05, 3.63) is 89.5 Å². The van der Waals surface area contributed by atoms with E-state index in [0.29, 0.717) is 30.2 Å². The number of hydrogen-bond acceptors (Lipinski definition) is 4. The van der Waals surface area contributed by atoms with E-state index in [1.807, 2.05) is 29.2 Å². The molecular weight excluding hydrogens is 390 g/mol. The van der Waals surface area contributed by atoms with E-state index in [0.717, 1.165) is 6.42 Å². The van der Waals surface area contributed by atoms with Crippen LogP contribution in [-0.4, -0.2) is 37.7 Å². The highest BCUT2D eigenvalue weighted by atomic mass is 16.5. The molecular formula is C26H25NO4. The molecule has 5 rings (SSSR count). The second-order valence-corrected chi connectivity index (χ2v) is 8.03. The zero-order valence-electron chi connectivity index (χ0n) is 17.7. The Bertz CT molecular complexity index is 1090. The summed E-state index contributed by atoms with van der Waals surface area (Å²) >= 11 is 0. The summed E-state index contributed by atoms with van der Waals surface area (Å²) in [6, 6.07) is 24.1. The normalized spacial score (nSPS) is 21.5. The molecule has 158 valence electrons. The fourth-order valence-electron chi connectivity index (χ4n) is 4.93. The first-order valence-corrected chi connectivity index (χ1v) is 10.5. The van der Waals surface area contributed by atoms with Crippen LogP contribution in [0.2, 0.25) is 0 Å². The quantitative estimate of drug-likeness (QED) is 0.572. The van der Waals surface area contributed by atoms with Crippen LogP contribution in [0, 0.1) is 0 Å². The van der Waals surface area contributed by atoms with Crippen LogP contribution in [0.4, 0.5) is 0 Å². The number of rotatable bonds is 6. The largest absolute Gasteiger partial charge is 0.496 e. The van der Waals surface area contributed by atoms with E-state index in [-0.39, 0.29) is 5.91 Å². The van der Waals surface area contributed by atoms with E-state index >= 15 is 0 Å². The molecule has 0 radical (unpaired) electrons. The van der Waals surface area contributed by atoms with Gasteiger partial charge in [0.2, 0.25) is 6.10 Å². The Hall–Kier alpha value is -3.47. The van der Waals surface area contributed by atoms with Gasteiger partial charge in [-0.05, 0) is 23.1 Å². The molecule has 3 aromatic rings. The number of benzene rings is 3. The SMILES string of the molecule is COc1cc(OC)cc(OC2C(=O)N3CCc4ccccc4C23Cc2ccccc2)c1. The van der Waals surface area contributed by atoms with E-state index in [9.17, 15) is 4.79 Å². The second-order valence-electron chi connectivity index (χ2n) is 8.03. The molecule has 2 aliphatic heterocycles. The summed E-state index contributed by atoms with van der Waals surface area (Å²) in [7, 11) is 3.20. The Morgan fingerprint density at radius 3 is 2.26 bits per heavy atom. The summed E-state index contributed by atoms with van der Waals surface area (Å²) in [5.74, 6) is 1.83. The summed E-state index contributed by atoms with van der Waals surface area (Å²) in [5.41, 5.74) is 3.08. The van der Waals surface area contributed by atoms with Gasteiger partial charge >= 0.3 is 0 Å². The maximum absolute atomic E-state index is 13.3. The predicted octanol–water partition coefficient (Wildman–Crippen LogP) is 3.99. The van der Waals surface area contributed by atoms with E-state index in [1.165, 1.54) is 16.7 Å². The van der Waals surface area contributed by atoms with Gasteiger partial charge in [-0.1, -0.05) is 54.6 Å². The third kappa shape index (κ3) is 3.12. The number of nitrogens with zero attached hydrogens (tertiary/aromatic N) is 1. The third-order valence-corrected chi connectivity index (χ3v) is 6.39. The smallest absolute Gasteiger partial charge is 0.267 e. The Morgan fingerprint density at radius 2 is 1.55 bits per heavy atom. The Balaban J connectivity index is 1.59. The number of ether oxygens (including phenoxy) is 3. The van der Waals surface area contributed by atoms with E-state index in [4.69, 9.17) is 14.2 Å². The van der Waals surface area contributed by atoms with Crippen molar-refractivity contribution in [3.8, 4) is 17.2 Å². The lowest BCUT2D eigenvalue weighted by atomic mass is 9.67. The maximum Gasteiger partial charge on any atom is 0.267 e. The molecule has 0 aromatic heterocycles. The molecule has 1 saturated heterocycles. The van der Waals surface area contributed by atoms with Crippen molar-refractivity contribution >= 4 is 5.91 Å². The number of fused-ring (bicyclic) bond motifs is 3. The summed E-state index contributed by atoms with van der Waals surface area (Å²) in [6.45, 7) is 0.698. The van der Waals surface area contributed by atoms with Crippen molar-refractivity contribution in [2.24, 2.45) is 0 Å². The number of hydrogen-bond donors (Lipinski definition) is 0. The van der Waals surface area contributed by atoms with Gasteiger partial charge < -0.3 is 19.1 Å². The van der Waals surface area contributed by atoms with Gasteiger partial charge in [0, 0.05) is 31.2 Å². The molecule has 2 aliphatic rings. The molecule has 2 unspecified atom stereocenters. The van der Waals surface area contributed by atoms with Crippen LogP contribution in [0.15, 0.2) is 72.8 Å². The minimum absolute atomic E-state index is 0.0206. The highest BCUT2D eigenvalue weighted by molar-refractivity contribution is 5.92. The van der Waals surface area contributed by atoms with Gasteiger partial charge in [-0.25, -0.2) is 0 Å². The van der Waals surface area contributed by atoms with Crippen LogP contribution < -0.4 is 14.2 Å². The molecule has 1 amide bonds. The summed E-state index contributed by atoms with van der Waals surface area (Å²) in [5, 5.41) is 0. The minimum atomic E-state index is -0.619. The maximum atomic E-state index is 13.3. The number of carbonyl (C=O) groups is 1. The van der Waals surface area contributed by atoms with Crippen LogP contribution >= 0.6 is 0 Å². The molecule has 0 N–H and O–H groups in total. The first-order chi connectivity index (χ1) is 15.2. The van der Waals surface area contributed by atoms with Gasteiger partial charge in [-0.15, -0.1) is 0 Å². The fourth-order valence-corrected chi connectivity index (χ4v) is 4.93. The lowest BCUT2D eigenvalue weighted by molar-refractivity contribution is -0.185. The zero-order chi connectivity index (χ0) is 21.4. The number of carbonyl (C=O) groups excluding carboxylic acids is 1. The molecule has 3 aromatic carbocycles. The molecule has 0 bridgehead atoms. The summed E-state index contributed by atoms with van der Waals surface area (Å²) < 4.78 is 17.2. The molecule has 2 atom stereocenters. The highest BCUT2D eigenvalue weighted by Gasteiger charge is 2.64. The van der Waals surface area contributed by atoms with Crippen molar-refractivity contribution in [1.29, 1.82) is 0 Å². The van der Waals surface area contributed by atoms with Crippen molar-refractivity contribution in [2.45, 2.75) is 24.5 Å². The third-order valence-electron chi connectivity index (χ3n) is 6.39. The number of methoxy groups -OCH3 is 2. The Kier molecular flexibility index (Phi) is 4.81. The van der Waals surface area contributed by atoms with Gasteiger partial charge in [0.25, 0.3) is 5.91 Å². The van der Waals surface area contributed by atoms with Crippen molar-refractivity contribution < 1.29 is 19.0 Å². The highest BCUT2D eigenvalue weighted by Crippen LogP contribution is 2.50. The van der Waals surface area contributed by atoms with Crippen molar-refractivity contribution in [1.82, 2.24) is 4.90 Å². The van der Waals surface area contributed by atoms with Gasteiger partial charge in [0.1, 0.15) is 22.8 Å². The first-order valence-electron chi connectivity index (χ1n) is 10.5. The molecule has 31 heavy (non-hydrogen) atoms. The lowest BCUT2D eigenvalue weighted by Gasteiger charge is -2.59.